The summed E-state index contributed by atoms with van der Waals surface area (Å²) < 4.78 is 6.65. The molecular formula is C10H12N2O3. The number of amides is 1. The molecule has 1 aromatic rings. The number of hydrogen-bond donors (Lipinski definition) is 0. The minimum atomic E-state index is -0.350. The van der Waals surface area contributed by atoms with E-state index in [0.717, 1.165) is 18.6 Å². The summed E-state index contributed by atoms with van der Waals surface area (Å²) in [6, 6.07) is 1.73. The van der Waals surface area contributed by atoms with E-state index >= 15 is 0 Å². The Hall–Kier alpha value is -1.78. The lowest BCUT2D eigenvalue weighted by molar-refractivity contribution is -0.119. The van der Waals surface area contributed by atoms with Crippen LogP contribution in [-0.4, -0.2) is 35.5 Å². The first-order valence-corrected chi connectivity index (χ1v) is 4.72. The Morgan fingerprint density at radius 2 is 2.33 bits per heavy atom. The summed E-state index contributed by atoms with van der Waals surface area (Å²) in [5.74, 6) is -0.350. The van der Waals surface area contributed by atoms with Crippen molar-refractivity contribution in [3.63, 3.8) is 0 Å². The lowest BCUT2D eigenvalue weighted by Crippen LogP contribution is -2.32. The quantitative estimate of drug-likeness (QED) is 0.517. The number of rotatable bonds is 2. The average Bonchev–Trinajstić information content (AvgIpc) is 2.70. The minimum Gasteiger partial charge on any atom is -0.465 e. The highest BCUT2D eigenvalue weighted by atomic mass is 16.5. The van der Waals surface area contributed by atoms with E-state index in [1.165, 1.54) is 7.11 Å². The molecule has 15 heavy (non-hydrogen) atoms. The molecule has 0 atom stereocenters. The lowest BCUT2D eigenvalue weighted by Gasteiger charge is -2.25. The Kier molecular flexibility index (Phi) is 2.45. The van der Waals surface area contributed by atoms with Crippen LogP contribution in [0.15, 0.2) is 12.3 Å². The van der Waals surface area contributed by atoms with Crippen molar-refractivity contribution in [1.82, 2.24) is 9.47 Å². The van der Waals surface area contributed by atoms with Gasteiger partial charge in [0.25, 0.3) is 0 Å². The van der Waals surface area contributed by atoms with Crippen LogP contribution in [0, 0.1) is 0 Å². The van der Waals surface area contributed by atoms with Crippen LogP contribution >= 0.6 is 0 Å². The SMILES string of the molecule is COC(=O)c1ccn2c1CN(C=O)CC2. The summed E-state index contributed by atoms with van der Waals surface area (Å²) in [6.45, 7) is 1.89. The molecule has 0 aliphatic carbocycles. The predicted molar refractivity (Wildman–Crippen MR) is 52.2 cm³/mol. The van der Waals surface area contributed by atoms with Gasteiger partial charge < -0.3 is 14.2 Å². The number of ether oxygens (including phenoxy) is 1. The molecule has 0 bridgehead atoms. The van der Waals surface area contributed by atoms with Gasteiger partial charge in [0, 0.05) is 19.3 Å². The third-order valence-electron chi connectivity index (χ3n) is 2.61. The molecule has 1 aliphatic rings. The second-order valence-corrected chi connectivity index (χ2v) is 3.44. The van der Waals surface area contributed by atoms with Gasteiger partial charge in [0.1, 0.15) is 0 Å². The van der Waals surface area contributed by atoms with Crippen LogP contribution in [0.4, 0.5) is 0 Å². The van der Waals surface area contributed by atoms with E-state index in [1.807, 2.05) is 10.8 Å². The summed E-state index contributed by atoms with van der Waals surface area (Å²) in [7, 11) is 1.35. The van der Waals surface area contributed by atoms with Crippen LogP contribution in [0.5, 0.6) is 0 Å². The Labute approximate surface area is 87.2 Å². The summed E-state index contributed by atoms with van der Waals surface area (Å²) in [5.41, 5.74) is 1.39. The van der Waals surface area contributed by atoms with Crippen LogP contribution in [0.3, 0.4) is 0 Å². The topological polar surface area (TPSA) is 51.5 Å². The van der Waals surface area contributed by atoms with Gasteiger partial charge in [-0.15, -0.1) is 0 Å². The Morgan fingerprint density at radius 1 is 1.53 bits per heavy atom. The fourth-order valence-corrected chi connectivity index (χ4v) is 1.78. The molecule has 1 amide bonds. The largest absolute Gasteiger partial charge is 0.465 e. The van der Waals surface area contributed by atoms with Crippen molar-refractivity contribution in [1.29, 1.82) is 0 Å². The molecule has 0 saturated carbocycles. The summed E-state index contributed by atoms with van der Waals surface area (Å²) in [4.78, 5) is 23.7. The molecule has 5 nitrogen and oxygen atoms in total. The molecule has 2 rings (SSSR count). The Morgan fingerprint density at radius 3 is 3.00 bits per heavy atom. The van der Waals surface area contributed by atoms with Gasteiger partial charge in [-0.05, 0) is 6.07 Å². The number of aromatic nitrogens is 1. The first kappa shape index (κ1) is 9.76. The average molecular weight is 208 g/mol. The molecule has 0 radical (unpaired) electrons. The summed E-state index contributed by atoms with van der Waals surface area (Å²) in [5, 5.41) is 0. The standard InChI is InChI=1S/C10H12N2O3/c1-15-10(14)8-2-3-12-5-4-11(7-13)6-9(8)12/h2-3,7H,4-6H2,1H3. The fourth-order valence-electron chi connectivity index (χ4n) is 1.78. The van der Waals surface area contributed by atoms with Gasteiger partial charge in [0.15, 0.2) is 0 Å². The van der Waals surface area contributed by atoms with E-state index in [2.05, 4.69) is 4.74 Å². The number of hydrogen-bond acceptors (Lipinski definition) is 3. The third kappa shape index (κ3) is 1.60. The smallest absolute Gasteiger partial charge is 0.339 e. The first-order valence-electron chi connectivity index (χ1n) is 4.72. The normalized spacial score (nSPS) is 14.6. The van der Waals surface area contributed by atoms with Crippen LogP contribution in [0.2, 0.25) is 0 Å². The van der Waals surface area contributed by atoms with Crippen molar-refractivity contribution < 1.29 is 14.3 Å². The van der Waals surface area contributed by atoms with Gasteiger partial charge in [0.2, 0.25) is 6.41 Å². The van der Waals surface area contributed by atoms with E-state index in [0.29, 0.717) is 18.7 Å². The molecular weight excluding hydrogens is 196 g/mol. The second kappa shape index (κ2) is 3.76. The molecule has 0 spiro atoms. The zero-order valence-electron chi connectivity index (χ0n) is 8.47. The molecule has 5 heteroatoms. The van der Waals surface area contributed by atoms with E-state index in [1.54, 1.807) is 11.0 Å². The Balaban J connectivity index is 2.33. The van der Waals surface area contributed by atoms with E-state index in [4.69, 9.17) is 0 Å². The van der Waals surface area contributed by atoms with Gasteiger partial charge in [0.05, 0.1) is 24.9 Å². The van der Waals surface area contributed by atoms with E-state index in [9.17, 15) is 9.59 Å². The van der Waals surface area contributed by atoms with Gasteiger partial charge in [-0.1, -0.05) is 0 Å². The van der Waals surface area contributed by atoms with Crippen LogP contribution in [0.1, 0.15) is 16.1 Å². The van der Waals surface area contributed by atoms with Crippen molar-refractivity contribution in [2.24, 2.45) is 0 Å². The maximum Gasteiger partial charge on any atom is 0.339 e. The molecule has 0 unspecified atom stereocenters. The van der Waals surface area contributed by atoms with Crippen LogP contribution in [-0.2, 0) is 22.6 Å². The van der Waals surface area contributed by atoms with Crippen molar-refractivity contribution in [3.05, 3.63) is 23.5 Å². The van der Waals surface area contributed by atoms with Crippen molar-refractivity contribution >= 4 is 12.4 Å². The monoisotopic (exact) mass is 208 g/mol. The molecule has 0 saturated heterocycles. The Bertz CT molecular complexity index is 397. The number of nitrogens with zero attached hydrogens (tertiary/aromatic N) is 2. The van der Waals surface area contributed by atoms with E-state index in [-0.39, 0.29) is 5.97 Å². The molecule has 0 aromatic carbocycles. The highest BCUT2D eigenvalue weighted by Gasteiger charge is 2.21. The highest BCUT2D eigenvalue weighted by molar-refractivity contribution is 5.90. The molecule has 2 heterocycles. The number of esters is 1. The van der Waals surface area contributed by atoms with Gasteiger partial charge in [-0.2, -0.15) is 0 Å². The maximum absolute atomic E-state index is 11.4. The van der Waals surface area contributed by atoms with Gasteiger partial charge in [-0.3, -0.25) is 4.79 Å². The fraction of sp³-hybridized carbons (Fsp3) is 0.400. The van der Waals surface area contributed by atoms with Crippen LogP contribution in [0.25, 0.3) is 0 Å². The zero-order valence-corrected chi connectivity index (χ0v) is 8.47. The van der Waals surface area contributed by atoms with E-state index < -0.39 is 0 Å². The predicted octanol–water partition coefficient (Wildman–Crippen LogP) is 0.247. The summed E-state index contributed by atoms with van der Waals surface area (Å²) >= 11 is 0. The zero-order chi connectivity index (χ0) is 10.8. The number of carbonyl (C=O) groups excluding carboxylic acids is 2. The molecule has 0 fully saturated rings. The molecule has 1 aromatic heterocycles. The minimum absolute atomic E-state index is 0.350. The number of fused-ring (bicyclic) bond motifs is 1. The highest BCUT2D eigenvalue weighted by Crippen LogP contribution is 2.18. The first-order chi connectivity index (χ1) is 7.26. The van der Waals surface area contributed by atoms with Gasteiger partial charge >= 0.3 is 5.97 Å². The maximum atomic E-state index is 11.4. The number of methoxy groups -OCH3 is 1. The number of carbonyl (C=O) groups is 2. The second-order valence-electron chi connectivity index (χ2n) is 3.44. The van der Waals surface area contributed by atoms with Crippen molar-refractivity contribution in [3.8, 4) is 0 Å². The molecule has 1 aliphatic heterocycles. The molecule has 80 valence electrons. The van der Waals surface area contributed by atoms with Crippen molar-refractivity contribution in [2.45, 2.75) is 13.1 Å². The van der Waals surface area contributed by atoms with Gasteiger partial charge in [-0.25, -0.2) is 4.79 Å². The van der Waals surface area contributed by atoms with Crippen LogP contribution < -0.4 is 0 Å². The summed E-state index contributed by atoms with van der Waals surface area (Å²) in [6.07, 6.45) is 2.65. The van der Waals surface area contributed by atoms with Crippen molar-refractivity contribution in [2.75, 3.05) is 13.7 Å². The third-order valence-corrected chi connectivity index (χ3v) is 2.61. The lowest BCUT2D eigenvalue weighted by atomic mass is 10.2. The molecule has 0 N–H and O–H groups in total.